The number of rotatable bonds is 31. The van der Waals surface area contributed by atoms with Crippen LogP contribution in [0, 0.1) is 29.6 Å². The van der Waals surface area contributed by atoms with Gasteiger partial charge in [0.25, 0.3) is 33.4 Å². The van der Waals surface area contributed by atoms with Crippen LogP contribution in [0.1, 0.15) is 79.8 Å². The summed E-state index contributed by atoms with van der Waals surface area (Å²) in [6.45, 7) is -3.31. The number of fused-ring (bicyclic) bond motifs is 2. The number of aromatic nitrogens is 12. The number of thiocarbonyl (C=S) groups is 1. The van der Waals surface area contributed by atoms with Gasteiger partial charge in [-0.25, -0.2) is 33.6 Å². The summed E-state index contributed by atoms with van der Waals surface area (Å²) in [5, 5.41) is 122. The van der Waals surface area contributed by atoms with E-state index in [0.29, 0.717) is 16.5 Å². The van der Waals surface area contributed by atoms with Gasteiger partial charge in [-0.1, -0.05) is 6.07 Å². The van der Waals surface area contributed by atoms with Crippen LogP contribution in [0.5, 0.6) is 5.75 Å². The molecule has 0 spiro atoms. The zero-order valence-corrected chi connectivity index (χ0v) is 73.3. The standard InChI is InChI=1S/C85H89N19O35S/c105-34-2-5-37-45(20-34)133-46-21-35(106)3-6-38(46)64(37)36-4-1-33(19-39(36)78(125)126)92-79(140)91-31-51-44(69(122)76(138-51)103-17-11-57(111)97-84(103)131)26-62(116)89-29-49-42(67(120)74(136-49)101-15-9-55(109)95-82(101)129)24-60(114)87-27-47-40(65(118)72(134-47)99-13-7-53(107)93-80(99)127)22-59(113)86-28-48-41(66(119)73(135-48)100-14-8-54(108)94-81(100)128)23-61(115)88-30-50-43(68(121)75(137-50)102-16-10-56(110)96-83(102)130)25-63(117)90-32-52-70(123)71(124)77(139-52)104-18-12-58(112)98-85(104)132/h1-21,40-44,47-52,65-77,105,118-124H,22-32H2,(H,86,113)(H,87,114)(H,88,115)(H,89,116)(H,90,117)(H,125,126)(H2,91,92,140)(H,93,107,127)(H,94,108,128)(H,95,109,129)(H,96,110,130)(H,97,111,131)(H,98,112,132)/t40-,41-,42-,43-,44-,47-,48-,49-,50-,51-,52-,65-,66-,67-,68-,69-,70-,71-,72-,73-,74-,75-,76-,77-/m1/s1. The number of carboxylic acid groups (broad SMARTS) is 1. The molecule has 54 nitrogen and oxygen atoms in total. The van der Waals surface area contributed by atoms with Gasteiger partial charge in [0.2, 0.25) is 29.5 Å². The van der Waals surface area contributed by atoms with Crippen molar-refractivity contribution in [2.75, 3.05) is 44.6 Å². The maximum atomic E-state index is 14.5. The Morgan fingerprint density at radius 2 is 0.629 bits per heavy atom. The Balaban J connectivity index is 0.586. The van der Waals surface area contributed by atoms with Crippen molar-refractivity contribution in [3.05, 3.63) is 269 Å². The fraction of sp³-hybridized carbons (Fsp3) is 0.412. The first-order valence-corrected chi connectivity index (χ1v) is 43.7. The third-order valence-corrected chi connectivity index (χ3v) is 25.5. The van der Waals surface area contributed by atoms with Crippen LogP contribution in [0.2, 0.25) is 0 Å². The Hall–Kier alpha value is -15.0. The molecule has 6 saturated heterocycles. The SMILES string of the molecule is O=C(C[C@H]1[C@@H](O)[C@H](n2ccc(=O)[nH]c2=O)O[C@@H]1CNC(=O)C[C@H]1[C@@H](O)[C@H](n2ccc(=O)[nH]c2=O)O[C@@H]1CNC(=O)C[C@H]1[C@@H](O)[C@H](n2ccc(=O)[nH]c2=O)O[C@@H]1CNC(=O)C[C@H]1[C@@H](O)[C@H](n2ccc(=O)[nH]c2=O)O[C@@H]1CNC(=O)C[C@H]1[C@@H](O)[C@H](n2ccc(=O)[nH]c2=O)O[C@@H]1CNC(=S)Nc1ccc(-c2c3ccc(=O)cc-3oc3cc(O)ccc23)c(C(=O)O)c1)NC[C@H]1O[C@@H](n2ccc(=O)[nH]c2=O)[C@H](O)[C@@H]1O. The van der Waals surface area contributed by atoms with Gasteiger partial charge in [0, 0.05) is 209 Å². The van der Waals surface area contributed by atoms with E-state index in [-0.39, 0.29) is 45.6 Å². The molecule has 740 valence electrons. The lowest BCUT2D eigenvalue weighted by molar-refractivity contribution is -0.125. The molecule has 140 heavy (non-hydrogen) atoms. The van der Waals surface area contributed by atoms with Crippen molar-refractivity contribution in [3.63, 3.8) is 0 Å². The summed E-state index contributed by atoms with van der Waals surface area (Å²) in [6.07, 6.45) is -28.3. The average Bonchev–Trinajstić information content (AvgIpc) is 1.24. The van der Waals surface area contributed by atoms with Crippen LogP contribution in [0.25, 0.3) is 33.4 Å². The molecule has 22 N–H and O–H groups in total. The van der Waals surface area contributed by atoms with E-state index in [1.807, 2.05) is 24.9 Å². The molecule has 1 aliphatic carbocycles. The van der Waals surface area contributed by atoms with Crippen LogP contribution in [0.3, 0.4) is 0 Å². The summed E-state index contributed by atoms with van der Waals surface area (Å²) in [4.78, 5) is 261. The first-order valence-electron chi connectivity index (χ1n) is 43.3. The minimum atomic E-state index is -1.86. The van der Waals surface area contributed by atoms with Gasteiger partial charge in [0.15, 0.2) is 47.9 Å². The number of hydrogen-bond donors (Lipinski definition) is 22. The van der Waals surface area contributed by atoms with Crippen LogP contribution in [0.4, 0.5) is 5.69 Å². The highest BCUT2D eigenvalue weighted by Crippen LogP contribution is 2.45. The molecular formula is C85H89N19O35S. The summed E-state index contributed by atoms with van der Waals surface area (Å²) < 4.78 is 47.3. The molecule has 0 saturated carbocycles. The van der Waals surface area contributed by atoms with E-state index in [4.69, 9.17) is 45.1 Å². The van der Waals surface area contributed by atoms with E-state index < -0.39 is 320 Å². The van der Waals surface area contributed by atoms with Gasteiger partial charge in [-0.15, -0.1) is 0 Å². The number of aliphatic hydroxyl groups excluding tert-OH is 7. The number of aromatic amines is 6. The monoisotopic (exact) mass is 1970 g/mol. The lowest BCUT2D eigenvalue weighted by Crippen LogP contribution is -2.44. The highest BCUT2D eigenvalue weighted by atomic mass is 32.1. The number of benzene rings is 3. The van der Waals surface area contributed by atoms with Crippen molar-refractivity contribution in [3.8, 4) is 28.2 Å². The number of carbonyl (C=O) groups excluding carboxylic acids is 5. The van der Waals surface area contributed by atoms with E-state index in [2.05, 4.69) is 42.2 Å². The average molecular weight is 1970 g/mol. The number of aliphatic hydroxyl groups is 7. The number of hydrogen-bond acceptors (Lipinski definition) is 35. The second-order valence-corrected chi connectivity index (χ2v) is 34.4. The van der Waals surface area contributed by atoms with Crippen LogP contribution in [-0.2, 0) is 52.4 Å². The molecule has 0 unspecified atom stereocenters. The van der Waals surface area contributed by atoms with Crippen LogP contribution in [0.15, 0.2) is 195 Å². The molecule has 13 heterocycles. The lowest BCUT2D eigenvalue weighted by atomic mass is 9.90. The number of nitrogens with one attached hydrogen (secondary N) is 13. The number of H-pyrrole nitrogens is 6. The molecule has 8 aromatic rings. The second kappa shape index (κ2) is 41.0. The van der Waals surface area contributed by atoms with E-state index in [1.54, 1.807) is 0 Å². The minimum Gasteiger partial charge on any atom is -0.508 e. The highest BCUT2D eigenvalue weighted by molar-refractivity contribution is 7.80. The zero-order valence-electron chi connectivity index (χ0n) is 72.5. The van der Waals surface area contributed by atoms with Gasteiger partial charge in [0.05, 0.1) is 36.1 Å². The summed E-state index contributed by atoms with van der Waals surface area (Å²) >= 11 is 5.65. The molecule has 0 bridgehead atoms. The molecule has 7 aliphatic heterocycles. The van der Waals surface area contributed by atoms with E-state index in [1.165, 1.54) is 54.6 Å². The van der Waals surface area contributed by atoms with Crippen molar-refractivity contribution in [1.29, 1.82) is 0 Å². The maximum Gasteiger partial charge on any atom is 0.336 e. The van der Waals surface area contributed by atoms with Crippen molar-refractivity contribution in [2.45, 2.75) is 149 Å². The Morgan fingerprint density at radius 1 is 0.336 bits per heavy atom. The number of phenolic OH excluding ortho intramolecular Hbond substituents is 1. The fourth-order valence-corrected chi connectivity index (χ4v) is 18.5. The molecule has 0 radical (unpaired) electrons. The zero-order chi connectivity index (χ0) is 99.8. The van der Waals surface area contributed by atoms with Gasteiger partial charge < -0.3 is 116 Å². The topological polar surface area (TPSA) is 783 Å². The van der Waals surface area contributed by atoms with Gasteiger partial charge in [-0.3, -0.25) is 115 Å². The smallest absolute Gasteiger partial charge is 0.336 e. The number of carboxylic acids is 1. The lowest BCUT2D eigenvalue weighted by Gasteiger charge is -2.24. The number of anilines is 1. The van der Waals surface area contributed by atoms with Crippen molar-refractivity contribution in [1.82, 2.24) is 89.2 Å². The molecule has 55 heteroatoms. The van der Waals surface area contributed by atoms with E-state index in [9.17, 15) is 137 Å². The number of aromatic carboxylic acids is 1. The predicted molar refractivity (Wildman–Crippen MR) is 476 cm³/mol. The van der Waals surface area contributed by atoms with Gasteiger partial charge in [-0.2, -0.15) is 0 Å². The van der Waals surface area contributed by atoms with E-state index in [0.717, 1.165) is 101 Å². The number of phenols is 1. The Kier molecular flexibility index (Phi) is 28.7. The first kappa shape index (κ1) is 98.1. The molecule has 8 aliphatic rings. The molecule has 16 rings (SSSR count). The molecule has 24 atom stereocenters. The third kappa shape index (κ3) is 20.9. The summed E-state index contributed by atoms with van der Waals surface area (Å²) in [6, 6.07) is 18.0. The Labute approximate surface area is 783 Å². The van der Waals surface area contributed by atoms with Gasteiger partial charge in [-0.05, 0) is 54.2 Å². The highest BCUT2D eigenvalue weighted by Gasteiger charge is 2.53. The number of ether oxygens (including phenoxy) is 6. The quantitative estimate of drug-likeness (QED) is 0.0142. The molecule has 6 fully saturated rings. The largest absolute Gasteiger partial charge is 0.508 e. The van der Waals surface area contributed by atoms with Crippen LogP contribution >= 0.6 is 12.2 Å². The van der Waals surface area contributed by atoms with Crippen LogP contribution in [-0.4, -0.2) is 263 Å². The summed E-state index contributed by atoms with van der Waals surface area (Å²) in [5.74, 6) is -12.9. The fourth-order valence-electron chi connectivity index (χ4n) is 18.3. The summed E-state index contributed by atoms with van der Waals surface area (Å²) in [7, 11) is 0. The summed E-state index contributed by atoms with van der Waals surface area (Å²) in [5.41, 5.74) is -10.9. The second-order valence-electron chi connectivity index (χ2n) is 34.0. The first-order chi connectivity index (χ1) is 66.8. The van der Waals surface area contributed by atoms with Crippen molar-refractivity contribution in [2.24, 2.45) is 29.6 Å². The molecular weight excluding hydrogens is 1880 g/mol. The Morgan fingerprint density at radius 3 is 0.943 bits per heavy atom. The number of amides is 5. The van der Waals surface area contributed by atoms with Crippen LogP contribution < -0.4 is 110 Å². The number of nitrogens with zero attached hydrogens (tertiary/aromatic N) is 6. The number of aromatic hydroxyl groups is 1. The minimum absolute atomic E-state index is 0.0983. The van der Waals surface area contributed by atoms with Gasteiger partial charge in [0.1, 0.15) is 65.9 Å². The van der Waals surface area contributed by atoms with Crippen molar-refractivity contribution >= 4 is 69.5 Å². The van der Waals surface area contributed by atoms with Crippen molar-refractivity contribution < 1.29 is 108 Å². The normalized spacial score (nSPS) is 27.4. The molecule has 5 amide bonds. The van der Waals surface area contributed by atoms with Gasteiger partial charge >= 0.3 is 40.1 Å². The van der Waals surface area contributed by atoms with E-state index >= 15 is 0 Å². The number of carbonyl (C=O) groups is 6. The predicted octanol–water partition coefficient (Wildman–Crippen LogP) is -8.92. The molecule has 6 aromatic heterocycles. The Bertz CT molecular complexity index is 7300. The molecule has 2 aromatic carbocycles. The third-order valence-electron chi connectivity index (χ3n) is 25.2. The maximum absolute atomic E-state index is 14.5.